The first-order valence-electron chi connectivity index (χ1n) is 6.05. The molecule has 1 fully saturated rings. The molecule has 1 aromatic rings. The molecular formula is C12H19N3O2. The largest absolute Gasteiger partial charge is 0.379 e. The van der Waals surface area contributed by atoms with E-state index in [4.69, 9.17) is 10.5 Å². The lowest BCUT2D eigenvalue weighted by Crippen LogP contribution is -2.49. The second-order valence-electron chi connectivity index (χ2n) is 4.60. The van der Waals surface area contributed by atoms with Gasteiger partial charge in [0.25, 0.3) is 0 Å². The van der Waals surface area contributed by atoms with Gasteiger partial charge in [-0.2, -0.15) is 0 Å². The molecule has 1 aliphatic rings. The Hall–Kier alpha value is -1.20. The summed E-state index contributed by atoms with van der Waals surface area (Å²) in [5.74, 6) is 0.826. The normalized spacial score (nSPS) is 24.1. The summed E-state index contributed by atoms with van der Waals surface area (Å²) in [5, 5.41) is 0. The summed E-state index contributed by atoms with van der Waals surface area (Å²) in [5.41, 5.74) is 5.23. The van der Waals surface area contributed by atoms with Crippen molar-refractivity contribution in [2.75, 3.05) is 13.2 Å². The van der Waals surface area contributed by atoms with E-state index in [1.165, 1.54) is 0 Å². The summed E-state index contributed by atoms with van der Waals surface area (Å²) in [7, 11) is 0. The van der Waals surface area contributed by atoms with Gasteiger partial charge in [-0.25, -0.2) is 4.98 Å². The minimum atomic E-state index is -0.803. The predicted molar refractivity (Wildman–Crippen MR) is 63.6 cm³/mol. The molecule has 5 nitrogen and oxygen atoms in total. The van der Waals surface area contributed by atoms with E-state index in [9.17, 15) is 4.79 Å². The summed E-state index contributed by atoms with van der Waals surface area (Å²) < 4.78 is 7.22. The standard InChI is InChI=1S/C12H19N3O2/c1-2-5-15-6-4-14-11(15)8-10(16)12(13)3-7-17-9-12/h4,6H,2-3,5,7-9,13H2,1H3. The summed E-state index contributed by atoms with van der Waals surface area (Å²) >= 11 is 0. The van der Waals surface area contributed by atoms with Crippen LogP contribution in [-0.2, 0) is 22.5 Å². The zero-order valence-corrected chi connectivity index (χ0v) is 10.2. The van der Waals surface area contributed by atoms with Gasteiger partial charge in [0.1, 0.15) is 11.4 Å². The fourth-order valence-corrected chi connectivity index (χ4v) is 2.07. The number of carbonyl (C=O) groups excluding carboxylic acids is 1. The molecule has 1 unspecified atom stereocenters. The molecule has 94 valence electrons. The van der Waals surface area contributed by atoms with Crippen molar-refractivity contribution in [1.29, 1.82) is 0 Å². The molecule has 0 spiro atoms. The number of nitrogens with zero attached hydrogens (tertiary/aromatic N) is 2. The number of ketones is 1. The number of aromatic nitrogens is 2. The molecule has 0 aliphatic carbocycles. The van der Waals surface area contributed by atoms with Crippen LogP contribution in [-0.4, -0.2) is 34.1 Å². The van der Waals surface area contributed by atoms with Crippen molar-refractivity contribution < 1.29 is 9.53 Å². The number of hydrogen-bond donors (Lipinski definition) is 1. The SMILES string of the molecule is CCCn1ccnc1CC(=O)C1(N)CCOC1. The Balaban J connectivity index is 2.04. The number of ether oxygens (including phenoxy) is 1. The predicted octanol–water partition coefficient (Wildman–Crippen LogP) is 0.522. The van der Waals surface area contributed by atoms with Crippen molar-refractivity contribution in [1.82, 2.24) is 9.55 Å². The number of Topliss-reactive ketones (excluding diaryl/α,β-unsaturated/α-hetero) is 1. The maximum atomic E-state index is 12.1. The van der Waals surface area contributed by atoms with Crippen LogP contribution >= 0.6 is 0 Å². The van der Waals surface area contributed by atoms with E-state index in [0.717, 1.165) is 18.8 Å². The first-order chi connectivity index (χ1) is 8.15. The van der Waals surface area contributed by atoms with Crippen molar-refractivity contribution in [2.45, 2.75) is 38.3 Å². The van der Waals surface area contributed by atoms with Crippen LogP contribution < -0.4 is 5.73 Å². The quantitative estimate of drug-likeness (QED) is 0.810. The molecule has 0 aromatic carbocycles. The number of hydrogen-bond acceptors (Lipinski definition) is 4. The van der Waals surface area contributed by atoms with Crippen LogP contribution in [0.2, 0.25) is 0 Å². The fraction of sp³-hybridized carbons (Fsp3) is 0.667. The minimum absolute atomic E-state index is 0.0264. The maximum absolute atomic E-state index is 12.1. The van der Waals surface area contributed by atoms with Crippen LogP contribution in [0, 0.1) is 0 Å². The first kappa shape index (κ1) is 12.3. The van der Waals surface area contributed by atoms with E-state index in [2.05, 4.69) is 11.9 Å². The van der Waals surface area contributed by atoms with Gasteiger partial charge in [0, 0.05) is 25.5 Å². The molecule has 5 heteroatoms. The minimum Gasteiger partial charge on any atom is -0.379 e. The van der Waals surface area contributed by atoms with Gasteiger partial charge in [0.2, 0.25) is 0 Å². The van der Waals surface area contributed by atoms with E-state index in [1.807, 2.05) is 10.8 Å². The van der Waals surface area contributed by atoms with Crippen LogP contribution in [0.5, 0.6) is 0 Å². The molecule has 2 heterocycles. The van der Waals surface area contributed by atoms with Crippen LogP contribution in [0.3, 0.4) is 0 Å². The Bertz CT molecular complexity index is 394. The number of imidazole rings is 1. The van der Waals surface area contributed by atoms with Crippen molar-refractivity contribution in [2.24, 2.45) is 5.73 Å². The van der Waals surface area contributed by atoms with Gasteiger partial charge < -0.3 is 15.0 Å². The Morgan fingerprint density at radius 1 is 1.71 bits per heavy atom. The second kappa shape index (κ2) is 4.98. The molecule has 2 rings (SSSR count). The molecule has 0 radical (unpaired) electrons. The second-order valence-corrected chi connectivity index (χ2v) is 4.60. The number of nitrogens with two attached hydrogens (primary N) is 1. The monoisotopic (exact) mass is 237 g/mol. The highest BCUT2D eigenvalue weighted by molar-refractivity contribution is 5.90. The van der Waals surface area contributed by atoms with Gasteiger partial charge >= 0.3 is 0 Å². The highest BCUT2D eigenvalue weighted by Gasteiger charge is 2.38. The highest BCUT2D eigenvalue weighted by Crippen LogP contribution is 2.18. The van der Waals surface area contributed by atoms with Crippen LogP contribution in [0.25, 0.3) is 0 Å². The van der Waals surface area contributed by atoms with Gasteiger partial charge in [-0.15, -0.1) is 0 Å². The lowest BCUT2D eigenvalue weighted by molar-refractivity contribution is -0.123. The van der Waals surface area contributed by atoms with Crippen molar-refractivity contribution in [3.63, 3.8) is 0 Å². The molecule has 0 bridgehead atoms. The van der Waals surface area contributed by atoms with Crippen LogP contribution in [0.15, 0.2) is 12.4 Å². The Morgan fingerprint density at radius 2 is 2.53 bits per heavy atom. The van der Waals surface area contributed by atoms with Gasteiger partial charge in [-0.05, 0) is 12.8 Å². The molecule has 1 aromatic heterocycles. The average Bonchev–Trinajstić information content (AvgIpc) is 2.90. The van der Waals surface area contributed by atoms with Gasteiger partial charge in [0.15, 0.2) is 5.78 Å². The number of carbonyl (C=O) groups is 1. The fourth-order valence-electron chi connectivity index (χ4n) is 2.07. The summed E-state index contributed by atoms with van der Waals surface area (Å²) in [6.45, 7) is 3.89. The molecule has 1 saturated heterocycles. The van der Waals surface area contributed by atoms with Gasteiger partial charge in [-0.1, -0.05) is 6.92 Å². The maximum Gasteiger partial charge on any atom is 0.162 e. The molecular weight excluding hydrogens is 218 g/mol. The molecule has 1 atom stereocenters. The van der Waals surface area contributed by atoms with Gasteiger partial charge in [0.05, 0.1) is 13.0 Å². The van der Waals surface area contributed by atoms with Crippen molar-refractivity contribution >= 4 is 5.78 Å². The van der Waals surface area contributed by atoms with E-state index in [0.29, 0.717) is 26.1 Å². The molecule has 0 saturated carbocycles. The zero-order chi connectivity index (χ0) is 12.3. The smallest absolute Gasteiger partial charge is 0.162 e. The highest BCUT2D eigenvalue weighted by atomic mass is 16.5. The first-order valence-corrected chi connectivity index (χ1v) is 6.05. The molecule has 17 heavy (non-hydrogen) atoms. The Kier molecular flexibility index (Phi) is 3.59. The molecule has 1 aliphatic heterocycles. The molecule has 2 N–H and O–H groups in total. The zero-order valence-electron chi connectivity index (χ0n) is 10.2. The Labute approximate surface area is 101 Å². The average molecular weight is 237 g/mol. The van der Waals surface area contributed by atoms with Crippen LogP contribution in [0.1, 0.15) is 25.6 Å². The molecule has 0 amide bonds. The summed E-state index contributed by atoms with van der Waals surface area (Å²) in [4.78, 5) is 16.4. The number of rotatable bonds is 5. The van der Waals surface area contributed by atoms with Gasteiger partial charge in [-0.3, -0.25) is 4.79 Å². The van der Waals surface area contributed by atoms with Crippen molar-refractivity contribution in [3.8, 4) is 0 Å². The van der Waals surface area contributed by atoms with E-state index in [-0.39, 0.29) is 5.78 Å². The lowest BCUT2D eigenvalue weighted by Gasteiger charge is -2.19. The van der Waals surface area contributed by atoms with E-state index in [1.54, 1.807) is 6.20 Å². The van der Waals surface area contributed by atoms with Crippen molar-refractivity contribution in [3.05, 3.63) is 18.2 Å². The summed E-state index contributed by atoms with van der Waals surface area (Å²) in [6, 6.07) is 0. The van der Waals surface area contributed by atoms with E-state index >= 15 is 0 Å². The third-order valence-corrected chi connectivity index (χ3v) is 3.19. The summed E-state index contributed by atoms with van der Waals surface area (Å²) in [6.07, 6.45) is 5.56. The van der Waals surface area contributed by atoms with E-state index < -0.39 is 5.54 Å². The third kappa shape index (κ3) is 2.56. The van der Waals surface area contributed by atoms with Crippen LogP contribution in [0.4, 0.5) is 0 Å². The topological polar surface area (TPSA) is 70.1 Å². The number of aryl methyl sites for hydroxylation is 1. The Morgan fingerprint density at radius 3 is 3.18 bits per heavy atom. The lowest BCUT2D eigenvalue weighted by atomic mass is 9.92. The third-order valence-electron chi connectivity index (χ3n) is 3.19.